The first-order valence-corrected chi connectivity index (χ1v) is 15.3. The van der Waals surface area contributed by atoms with E-state index < -0.39 is 11.8 Å². The van der Waals surface area contributed by atoms with Gasteiger partial charge in [-0.15, -0.1) is 11.8 Å². The van der Waals surface area contributed by atoms with Crippen molar-refractivity contribution in [3.8, 4) is 0 Å². The largest absolute Gasteiger partial charge is 0.325 e. The lowest BCUT2D eigenvalue weighted by Crippen LogP contribution is -2.30. The van der Waals surface area contributed by atoms with Crippen molar-refractivity contribution in [2.45, 2.75) is 37.3 Å². The lowest BCUT2D eigenvalue weighted by molar-refractivity contribution is -0.116. The van der Waals surface area contributed by atoms with Gasteiger partial charge in [0.05, 0.1) is 15.3 Å². The summed E-state index contributed by atoms with van der Waals surface area (Å²) in [6, 6.07) is 26.7. The number of nitrogens with one attached hydrogen (secondary N) is 3. The van der Waals surface area contributed by atoms with Gasteiger partial charge >= 0.3 is 0 Å². The van der Waals surface area contributed by atoms with Crippen LogP contribution in [0.2, 0.25) is 10.0 Å². The molecule has 0 aromatic heterocycles. The normalized spacial score (nSPS) is 11.9. The minimum absolute atomic E-state index is 0.0183. The molecule has 4 aromatic carbocycles. The zero-order chi connectivity index (χ0) is 30.9. The van der Waals surface area contributed by atoms with Gasteiger partial charge in [0.15, 0.2) is 0 Å². The Morgan fingerprint density at radius 2 is 1.53 bits per heavy atom. The minimum Gasteiger partial charge on any atom is -0.325 e. The van der Waals surface area contributed by atoms with Crippen molar-refractivity contribution in [2.75, 3.05) is 10.6 Å². The molecule has 220 valence electrons. The summed E-state index contributed by atoms with van der Waals surface area (Å²) in [6.07, 6.45) is 2.09. The van der Waals surface area contributed by atoms with Gasteiger partial charge in [-0.2, -0.15) is 0 Å². The van der Waals surface area contributed by atoms with Crippen LogP contribution in [0.5, 0.6) is 0 Å². The van der Waals surface area contributed by atoms with Crippen LogP contribution in [0.4, 0.5) is 11.4 Å². The summed E-state index contributed by atoms with van der Waals surface area (Å²) in [6.45, 7) is 5.99. The van der Waals surface area contributed by atoms with Crippen molar-refractivity contribution in [1.82, 2.24) is 5.32 Å². The molecule has 0 radical (unpaired) electrons. The predicted molar refractivity (Wildman–Crippen MR) is 178 cm³/mol. The van der Waals surface area contributed by atoms with E-state index in [2.05, 4.69) is 16.0 Å². The summed E-state index contributed by atoms with van der Waals surface area (Å²) in [4.78, 5) is 40.3. The maximum atomic E-state index is 13.5. The van der Waals surface area contributed by atoms with Crippen molar-refractivity contribution >= 4 is 70.1 Å². The van der Waals surface area contributed by atoms with Crippen molar-refractivity contribution in [1.29, 1.82) is 0 Å². The highest BCUT2D eigenvalue weighted by Crippen LogP contribution is 2.30. The quantitative estimate of drug-likeness (QED) is 0.121. The van der Waals surface area contributed by atoms with E-state index in [0.717, 1.165) is 21.7 Å². The highest BCUT2D eigenvalue weighted by atomic mass is 35.5. The van der Waals surface area contributed by atoms with Crippen LogP contribution in [0.3, 0.4) is 0 Å². The average molecular weight is 633 g/mol. The predicted octanol–water partition coefficient (Wildman–Crippen LogP) is 8.53. The molecule has 0 saturated heterocycles. The number of rotatable bonds is 10. The number of hydrogen-bond donors (Lipinski definition) is 3. The smallest absolute Gasteiger partial charge is 0.272 e. The lowest BCUT2D eigenvalue weighted by atomic mass is 10.1. The van der Waals surface area contributed by atoms with Crippen LogP contribution in [0.25, 0.3) is 6.08 Å². The number of amides is 3. The molecule has 6 nitrogen and oxygen atoms in total. The van der Waals surface area contributed by atoms with E-state index in [-0.39, 0.29) is 21.9 Å². The molecule has 1 unspecified atom stereocenters. The van der Waals surface area contributed by atoms with Crippen molar-refractivity contribution in [3.63, 3.8) is 0 Å². The first-order chi connectivity index (χ1) is 20.6. The number of halogens is 2. The zero-order valence-electron chi connectivity index (χ0n) is 23.9. The van der Waals surface area contributed by atoms with Crippen LogP contribution in [-0.2, 0) is 9.59 Å². The molecule has 0 aliphatic heterocycles. The van der Waals surface area contributed by atoms with E-state index in [9.17, 15) is 14.4 Å². The summed E-state index contributed by atoms with van der Waals surface area (Å²) in [5, 5.41) is 8.79. The van der Waals surface area contributed by atoms with Gasteiger partial charge in [-0.1, -0.05) is 72.6 Å². The summed E-state index contributed by atoms with van der Waals surface area (Å²) in [5.41, 5.74) is 4.36. The van der Waals surface area contributed by atoms with Crippen molar-refractivity contribution < 1.29 is 14.4 Å². The summed E-state index contributed by atoms with van der Waals surface area (Å²) >= 11 is 14.0. The fourth-order valence-electron chi connectivity index (χ4n) is 4.10. The van der Waals surface area contributed by atoms with E-state index >= 15 is 0 Å². The van der Waals surface area contributed by atoms with E-state index in [1.807, 2.05) is 45.0 Å². The Labute approximate surface area is 265 Å². The fourth-order valence-corrected chi connectivity index (χ4v) is 5.48. The molecule has 4 aromatic rings. The molecule has 0 aliphatic carbocycles. The van der Waals surface area contributed by atoms with Gasteiger partial charge in [-0.25, -0.2) is 0 Å². The molecule has 0 saturated carbocycles. The molecule has 1 atom stereocenters. The number of thioether (sulfide) groups is 1. The first kappa shape index (κ1) is 31.9. The standard InChI is InChI=1S/C34H31Cl2N3O3S/c1-4-30(34(42)38-26-17-16-21(2)22(3)18-26)43-27-14-9-13-25(20-27)37-33(41)29(19-24-12-8-15-28(35)31(24)36)39-32(40)23-10-6-5-7-11-23/h5-20,30H,4H2,1-3H3,(H,37,41)(H,38,42)(H,39,40)/b29-19+. The van der Waals surface area contributed by atoms with Gasteiger partial charge in [0, 0.05) is 21.8 Å². The highest BCUT2D eigenvalue weighted by molar-refractivity contribution is 8.00. The van der Waals surface area contributed by atoms with Gasteiger partial charge in [0.2, 0.25) is 5.91 Å². The number of hydrogen-bond acceptors (Lipinski definition) is 4. The van der Waals surface area contributed by atoms with Crippen LogP contribution < -0.4 is 16.0 Å². The second-order valence-electron chi connectivity index (χ2n) is 9.81. The second kappa shape index (κ2) is 14.9. The molecule has 3 N–H and O–H groups in total. The number of aryl methyl sites for hydroxylation is 2. The maximum absolute atomic E-state index is 13.5. The molecule has 0 heterocycles. The summed E-state index contributed by atoms with van der Waals surface area (Å²) < 4.78 is 0. The van der Waals surface area contributed by atoms with Crippen LogP contribution in [-0.4, -0.2) is 23.0 Å². The Kier molecular flexibility index (Phi) is 11.1. The monoisotopic (exact) mass is 631 g/mol. The third kappa shape index (κ3) is 8.74. The molecule has 0 fully saturated rings. The SMILES string of the molecule is CCC(Sc1cccc(NC(=O)/C(=C\c2cccc(Cl)c2Cl)NC(=O)c2ccccc2)c1)C(=O)Nc1ccc(C)c(C)c1. The van der Waals surface area contributed by atoms with E-state index in [0.29, 0.717) is 28.3 Å². The van der Waals surface area contributed by atoms with E-state index in [4.69, 9.17) is 23.2 Å². The van der Waals surface area contributed by atoms with Gasteiger partial charge < -0.3 is 16.0 Å². The van der Waals surface area contributed by atoms with E-state index in [1.165, 1.54) is 17.8 Å². The van der Waals surface area contributed by atoms with Gasteiger partial charge in [0.1, 0.15) is 5.70 Å². The number of carbonyl (C=O) groups excluding carboxylic acids is 3. The Morgan fingerprint density at radius 1 is 0.814 bits per heavy atom. The highest BCUT2D eigenvalue weighted by Gasteiger charge is 2.20. The fraction of sp³-hybridized carbons (Fsp3) is 0.147. The zero-order valence-corrected chi connectivity index (χ0v) is 26.2. The molecule has 9 heteroatoms. The second-order valence-corrected chi connectivity index (χ2v) is 11.9. The van der Waals surface area contributed by atoms with Crippen LogP contribution >= 0.6 is 35.0 Å². The third-order valence-electron chi connectivity index (χ3n) is 6.62. The van der Waals surface area contributed by atoms with Gasteiger partial charge in [0.25, 0.3) is 11.8 Å². The summed E-state index contributed by atoms with van der Waals surface area (Å²) in [5.74, 6) is -1.11. The van der Waals surface area contributed by atoms with Crippen molar-refractivity contribution in [3.05, 3.63) is 129 Å². The van der Waals surface area contributed by atoms with Crippen LogP contribution in [0, 0.1) is 13.8 Å². The average Bonchev–Trinajstić information content (AvgIpc) is 3.00. The van der Waals surface area contributed by atoms with Gasteiger partial charge in [-0.3, -0.25) is 14.4 Å². The Hall–Kier alpha value is -4.04. The molecular weight excluding hydrogens is 601 g/mol. The number of carbonyl (C=O) groups is 3. The molecule has 0 bridgehead atoms. The van der Waals surface area contributed by atoms with Crippen LogP contribution in [0.15, 0.2) is 102 Å². The molecule has 0 aliphatic rings. The molecule has 0 spiro atoms. The van der Waals surface area contributed by atoms with Crippen molar-refractivity contribution in [2.24, 2.45) is 0 Å². The Morgan fingerprint density at radius 3 is 2.26 bits per heavy atom. The topological polar surface area (TPSA) is 87.3 Å². The molecule has 4 rings (SSSR count). The maximum Gasteiger partial charge on any atom is 0.272 e. The molecule has 3 amide bonds. The minimum atomic E-state index is -0.554. The molecule has 43 heavy (non-hydrogen) atoms. The third-order valence-corrected chi connectivity index (χ3v) is 8.81. The lowest BCUT2D eigenvalue weighted by Gasteiger charge is -2.16. The van der Waals surface area contributed by atoms with Gasteiger partial charge in [-0.05, 0) is 91.6 Å². The Bertz CT molecular complexity index is 1680. The first-order valence-electron chi connectivity index (χ1n) is 13.6. The summed E-state index contributed by atoms with van der Waals surface area (Å²) in [7, 11) is 0. The number of benzene rings is 4. The number of anilines is 2. The van der Waals surface area contributed by atoms with E-state index in [1.54, 1.807) is 66.7 Å². The molecular formula is C34H31Cl2N3O3S. The Balaban J connectivity index is 1.52. The van der Waals surface area contributed by atoms with Crippen LogP contribution in [0.1, 0.15) is 40.4 Å².